The lowest BCUT2D eigenvalue weighted by Crippen LogP contribution is -2.45. The van der Waals surface area contributed by atoms with Gasteiger partial charge in [-0.05, 0) is 49.6 Å². The van der Waals surface area contributed by atoms with Gasteiger partial charge < -0.3 is 15.4 Å². The summed E-state index contributed by atoms with van der Waals surface area (Å²) in [6.07, 6.45) is 4.38. The van der Waals surface area contributed by atoms with Crippen molar-refractivity contribution in [3.63, 3.8) is 0 Å². The van der Waals surface area contributed by atoms with Crippen LogP contribution in [0.1, 0.15) is 43.0 Å². The number of carboxylic acids is 1. The van der Waals surface area contributed by atoms with E-state index in [1.807, 2.05) is 18.2 Å². The van der Waals surface area contributed by atoms with Crippen LogP contribution in [0.15, 0.2) is 18.2 Å². The quantitative estimate of drug-likeness (QED) is 0.792. The average molecular weight is 319 g/mol. The highest BCUT2D eigenvalue weighted by Gasteiger charge is 2.50. The molecule has 2 aromatic rings. The van der Waals surface area contributed by atoms with Gasteiger partial charge in [0.2, 0.25) is 0 Å². The molecule has 0 amide bonds. The van der Waals surface area contributed by atoms with Crippen LogP contribution in [0.2, 0.25) is 5.02 Å². The van der Waals surface area contributed by atoms with Crippen molar-refractivity contribution in [1.82, 2.24) is 10.3 Å². The molecule has 0 radical (unpaired) electrons. The van der Waals surface area contributed by atoms with Gasteiger partial charge in [-0.2, -0.15) is 0 Å². The number of carboxylic acid groups (broad SMARTS) is 1. The number of carbonyl (C=O) groups is 1. The Morgan fingerprint density at radius 2 is 2.09 bits per heavy atom. The lowest BCUT2D eigenvalue weighted by Gasteiger charge is -2.37. The van der Waals surface area contributed by atoms with Crippen molar-refractivity contribution < 1.29 is 9.90 Å². The maximum atomic E-state index is 12.0. The molecule has 0 bridgehead atoms. The van der Waals surface area contributed by atoms with E-state index in [0.717, 1.165) is 60.3 Å². The number of fused-ring (bicyclic) bond motifs is 3. The van der Waals surface area contributed by atoms with E-state index < -0.39 is 11.4 Å². The van der Waals surface area contributed by atoms with Crippen molar-refractivity contribution in [2.24, 2.45) is 5.41 Å². The van der Waals surface area contributed by atoms with Crippen LogP contribution in [0, 0.1) is 5.41 Å². The molecule has 4 nitrogen and oxygen atoms in total. The van der Waals surface area contributed by atoms with E-state index in [4.69, 9.17) is 11.6 Å². The van der Waals surface area contributed by atoms with E-state index >= 15 is 0 Å². The summed E-state index contributed by atoms with van der Waals surface area (Å²) in [7, 11) is 0. The first-order chi connectivity index (χ1) is 10.6. The van der Waals surface area contributed by atoms with Gasteiger partial charge in [-0.15, -0.1) is 0 Å². The highest BCUT2D eigenvalue weighted by molar-refractivity contribution is 6.31. The Bertz CT molecular complexity index is 746. The molecule has 0 spiro atoms. The molecular weight excluding hydrogens is 300 g/mol. The van der Waals surface area contributed by atoms with Crippen LogP contribution in [-0.4, -0.2) is 22.6 Å². The van der Waals surface area contributed by atoms with Gasteiger partial charge in [-0.25, -0.2) is 0 Å². The van der Waals surface area contributed by atoms with E-state index in [0.29, 0.717) is 0 Å². The van der Waals surface area contributed by atoms with Gasteiger partial charge >= 0.3 is 5.97 Å². The third kappa shape index (κ3) is 1.90. The van der Waals surface area contributed by atoms with E-state index in [1.165, 1.54) is 5.56 Å². The normalized spacial score (nSPS) is 23.6. The van der Waals surface area contributed by atoms with Crippen molar-refractivity contribution in [3.05, 3.63) is 34.5 Å². The molecule has 5 heteroatoms. The molecule has 2 heterocycles. The molecule has 4 rings (SSSR count). The topological polar surface area (TPSA) is 65.1 Å². The number of rotatable bonds is 2. The number of hydrogen-bond acceptors (Lipinski definition) is 2. The fourth-order valence-electron chi connectivity index (χ4n) is 4.30. The maximum absolute atomic E-state index is 12.0. The van der Waals surface area contributed by atoms with Crippen molar-refractivity contribution in [2.45, 2.75) is 38.1 Å². The predicted octanol–water partition coefficient (Wildman–Crippen LogP) is 3.65. The van der Waals surface area contributed by atoms with Crippen molar-refractivity contribution >= 4 is 28.5 Å². The Labute approximate surface area is 133 Å². The molecule has 1 aromatic heterocycles. The lowest BCUT2D eigenvalue weighted by atomic mass is 9.75. The Hall–Kier alpha value is -1.52. The molecule has 1 atom stereocenters. The molecular formula is C17H19ClN2O2. The summed E-state index contributed by atoms with van der Waals surface area (Å²) < 4.78 is 0. The number of H-pyrrole nitrogens is 1. The average Bonchev–Trinajstić information content (AvgIpc) is 3.12. The summed E-state index contributed by atoms with van der Waals surface area (Å²) in [4.78, 5) is 15.5. The fourth-order valence-corrected chi connectivity index (χ4v) is 4.48. The zero-order chi connectivity index (χ0) is 15.3. The SMILES string of the molecule is O=C(O)C1(C2NCCc3c2[nH]c2ccc(Cl)cc32)CCCC1. The molecule has 116 valence electrons. The molecule has 1 aromatic carbocycles. The largest absolute Gasteiger partial charge is 0.481 e. The zero-order valence-corrected chi connectivity index (χ0v) is 13.0. The Kier molecular flexibility index (Phi) is 3.20. The van der Waals surface area contributed by atoms with Crippen LogP contribution in [0.25, 0.3) is 10.9 Å². The number of aromatic amines is 1. The zero-order valence-electron chi connectivity index (χ0n) is 12.3. The third-order valence-corrected chi connectivity index (χ3v) is 5.62. The second-order valence-corrected chi connectivity index (χ2v) is 6.95. The van der Waals surface area contributed by atoms with E-state index in [-0.39, 0.29) is 6.04 Å². The predicted molar refractivity (Wildman–Crippen MR) is 86.3 cm³/mol. The minimum absolute atomic E-state index is 0.137. The molecule has 1 fully saturated rings. The minimum atomic E-state index is -0.681. The highest BCUT2D eigenvalue weighted by Crippen LogP contribution is 2.50. The Morgan fingerprint density at radius 1 is 1.32 bits per heavy atom. The van der Waals surface area contributed by atoms with Crippen LogP contribution < -0.4 is 5.32 Å². The standard InChI is InChI=1S/C17H19ClN2O2/c18-10-3-4-13-12(9-10)11-5-8-19-15(14(11)20-13)17(16(21)22)6-1-2-7-17/h3-4,9,15,19-20H,1-2,5-8H2,(H,21,22). The smallest absolute Gasteiger partial charge is 0.311 e. The summed E-state index contributed by atoms with van der Waals surface area (Å²) >= 11 is 6.14. The summed E-state index contributed by atoms with van der Waals surface area (Å²) in [5, 5.41) is 15.2. The second kappa shape index (κ2) is 5.00. The van der Waals surface area contributed by atoms with Gasteiger partial charge in [0.1, 0.15) is 0 Å². The molecule has 3 N–H and O–H groups in total. The number of benzene rings is 1. The van der Waals surface area contributed by atoms with Crippen molar-refractivity contribution in [1.29, 1.82) is 0 Å². The van der Waals surface area contributed by atoms with Gasteiger partial charge in [0.05, 0.1) is 11.5 Å². The number of hydrogen-bond donors (Lipinski definition) is 3. The number of halogens is 1. The van der Waals surface area contributed by atoms with Gasteiger partial charge in [0, 0.05) is 21.6 Å². The van der Waals surface area contributed by atoms with E-state index in [2.05, 4.69) is 10.3 Å². The molecule has 2 aliphatic rings. The molecule has 22 heavy (non-hydrogen) atoms. The first kappa shape index (κ1) is 14.1. The second-order valence-electron chi connectivity index (χ2n) is 6.51. The number of aromatic nitrogens is 1. The van der Waals surface area contributed by atoms with Gasteiger partial charge in [0.25, 0.3) is 0 Å². The van der Waals surface area contributed by atoms with Crippen LogP contribution in [0.5, 0.6) is 0 Å². The van der Waals surface area contributed by atoms with E-state index in [1.54, 1.807) is 0 Å². The third-order valence-electron chi connectivity index (χ3n) is 5.39. The first-order valence-electron chi connectivity index (χ1n) is 7.88. The number of aliphatic carboxylic acids is 1. The molecule has 0 saturated heterocycles. The van der Waals surface area contributed by atoms with E-state index in [9.17, 15) is 9.90 Å². The molecule has 1 aliphatic carbocycles. The summed E-state index contributed by atoms with van der Waals surface area (Å²) in [5.41, 5.74) is 2.64. The lowest BCUT2D eigenvalue weighted by molar-refractivity contribution is -0.151. The molecule has 1 unspecified atom stereocenters. The van der Waals surface area contributed by atoms with Crippen molar-refractivity contribution in [3.8, 4) is 0 Å². The van der Waals surface area contributed by atoms with Crippen molar-refractivity contribution in [2.75, 3.05) is 6.54 Å². The minimum Gasteiger partial charge on any atom is -0.481 e. The van der Waals surface area contributed by atoms with Crippen LogP contribution in [-0.2, 0) is 11.2 Å². The Morgan fingerprint density at radius 3 is 2.82 bits per heavy atom. The first-order valence-corrected chi connectivity index (χ1v) is 8.26. The number of nitrogens with one attached hydrogen (secondary N) is 2. The summed E-state index contributed by atoms with van der Waals surface area (Å²) in [5.74, 6) is -0.674. The van der Waals surface area contributed by atoms with Gasteiger partial charge in [0.15, 0.2) is 0 Å². The molecule has 1 saturated carbocycles. The monoisotopic (exact) mass is 318 g/mol. The Balaban J connectivity index is 1.89. The summed E-state index contributed by atoms with van der Waals surface area (Å²) in [6.45, 7) is 0.812. The van der Waals surface area contributed by atoms with Gasteiger partial charge in [-0.3, -0.25) is 4.79 Å². The van der Waals surface area contributed by atoms with Crippen LogP contribution in [0.3, 0.4) is 0 Å². The van der Waals surface area contributed by atoms with Crippen LogP contribution in [0.4, 0.5) is 0 Å². The highest BCUT2D eigenvalue weighted by atomic mass is 35.5. The van der Waals surface area contributed by atoms with Gasteiger partial charge in [-0.1, -0.05) is 24.4 Å². The maximum Gasteiger partial charge on any atom is 0.311 e. The molecule has 1 aliphatic heterocycles. The summed E-state index contributed by atoms with van der Waals surface area (Å²) in [6, 6.07) is 5.70. The van der Waals surface area contributed by atoms with Crippen LogP contribution >= 0.6 is 11.6 Å². The fraction of sp³-hybridized carbons (Fsp3) is 0.471.